The van der Waals surface area contributed by atoms with E-state index >= 15 is 0 Å². The Bertz CT molecular complexity index is 560. The van der Waals surface area contributed by atoms with E-state index in [1.54, 1.807) is 11.1 Å². The highest BCUT2D eigenvalue weighted by atomic mass is 32.2. The van der Waals surface area contributed by atoms with E-state index in [1.807, 2.05) is 23.9 Å². The first-order valence-corrected chi connectivity index (χ1v) is 7.77. The molecule has 0 spiro atoms. The molecule has 2 heteroatoms. The Labute approximate surface area is 118 Å². The summed E-state index contributed by atoms with van der Waals surface area (Å²) in [5.41, 5.74) is 5.48. The molecule has 0 amide bonds. The highest BCUT2D eigenvalue weighted by molar-refractivity contribution is 7.98. The molecule has 1 aliphatic rings. The third-order valence-electron chi connectivity index (χ3n) is 3.67. The first-order chi connectivity index (χ1) is 9.35. The Balaban J connectivity index is 1.65. The van der Waals surface area contributed by atoms with Gasteiger partial charge >= 0.3 is 0 Å². The molecule has 0 bridgehead atoms. The Morgan fingerprint density at radius 1 is 0.895 bits per heavy atom. The number of thioether (sulfide) groups is 1. The van der Waals surface area contributed by atoms with Crippen molar-refractivity contribution < 1.29 is 5.11 Å². The zero-order valence-electron chi connectivity index (χ0n) is 10.9. The molecule has 0 heterocycles. The summed E-state index contributed by atoms with van der Waals surface area (Å²) in [4.78, 5) is 1.26. The molecular weight excluding hydrogens is 252 g/mol. The molecule has 0 unspecified atom stereocenters. The lowest BCUT2D eigenvalue weighted by Gasteiger charge is -2.06. The van der Waals surface area contributed by atoms with Crippen LogP contribution < -0.4 is 0 Å². The average molecular weight is 270 g/mol. The highest BCUT2D eigenvalue weighted by Crippen LogP contribution is 2.27. The van der Waals surface area contributed by atoms with Gasteiger partial charge in [-0.25, -0.2) is 0 Å². The van der Waals surface area contributed by atoms with Gasteiger partial charge in [0.1, 0.15) is 0 Å². The smallest absolute Gasteiger partial charge is 0.0681 e. The molecule has 0 atom stereocenters. The van der Waals surface area contributed by atoms with Crippen LogP contribution in [-0.2, 0) is 25.2 Å². The summed E-state index contributed by atoms with van der Waals surface area (Å²) in [5.74, 6) is 1.02. The standard InChI is InChI=1S/C17H18OS/c18-11-13-5-8-17(9-6-13)19-12-14-4-7-15-2-1-3-16(15)10-14/h4-10,18H,1-3,11-12H2. The molecule has 0 radical (unpaired) electrons. The molecular formula is C17H18OS. The first-order valence-electron chi connectivity index (χ1n) is 6.78. The maximum atomic E-state index is 9.02. The van der Waals surface area contributed by atoms with Crippen LogP contribution in [0.25, 0.3) is 0 Å². The van der Waals surface area contributed by atoms with Gasteiger partial charge in [0, 0.05) is 10.6 Å². The fourth-order valence-corrected chi connectivity index (χ4v) is 3.41. The summed E-state index contributed by atoms with van der Waals surface area (Å²) >= 11 is 1.86. The van der Waals surface area contributed by atoms with Crippen molar-refractivity contribution in [2.45, 2.75) is 36.5 Å². The second-order valence-corrected chi connectivity index (χ2v) is 6.10. The van der Waals surface area contributed by atoms with Crippen LogP contribution in [0.3, 0.4) is 0 Å². The van der Waals surface area contributed by atoms with Crippen molar-refractivity contribution in [3.8, 4) is 0 Å². The number of aliphatic hydroxyl groups excluding tert-OH is 1. The van der Waals surface area contributed by atoms with Crippen molar-refractivity contribution in [3.05, 3.63) is 64.7 Å². The number of benzene rings is 2. The van der Waals surface area contributed by atoms with E-state index in [0.717, 1.165) is 11.3 Å². The van der Waals surface area contributed by atoms with Crippen molar-refractivity contribution in [2.75, 3.05) is 0 Å². The second-order valence-electron chi connectivity index (χ2n) is 5.05. The number of hydrogen-bond acceptors (Lipinski definition) is 2. The van der Waals surface area contributed by atoms with Crippen molar-refractivity contribution in [2.24, 2.45) is 0 Å². The topological polar surface area (TPSA) is 20.2 Å². The Kier molecular flexibility index (Phi) is 3.90. The molecule has 98 valence electrons. The molecule has 0 aliphatic heterocycles. The lowest BCUT2D eigenvalue weighted by Crippen LogP contribution is -1.87. The zero-order chi connectivity index (χ0) is 13.1. The van der Waals surface area contributed by atoms with Crippen LogP contribution >= 0.6 is 11.8 Å². The predicted octanol–water partition coefficient (Wildman–Crippen LogP) is 3.96. The molecule has 1 N–H and O–H groups in total. The van der Waals surface area contributed by atoms with E-state index in [9.17, 15) is 0 Å². The summed E-state index contributed by atoms with van der Waals surface area (Å²) < 4.78 is 0. The summed E-state index contributed by atoms with van der Waals surface area (Å²) in [6.45, 7) is 0.121. The van der Waals surface area contributed by atoms with Gasteiger partial charge in [-0.3, -0.25) is 0 Å². The monoisotopic (exact) mass is 270 g/mol. The number of aryl methyl sites for hydroxylation is 2. The van der Waals surface area contributed by atoms with Crippen molar-refractivity contribution in [1.82, 2.24) is 0 Å². The number of fused-ring (bicyclic) bond motifs is 1. The minimum atomic E-state index is 0.121. The van der Waals surface area contributed by atoms with Gasteiger partial charge in [0.2, 0.25) is 0 Å². The fraction of sp³-hybridized carbons (Fsp3) is 0.294. The van der Waals surface area contributed by atoms with Crippen LogP contribution in [0.2, 0.25) is 0 Å². The molecule has 2 aromatic carbocycles. The van der Waals surface area contributed by atoms with Gasteiger partial charge < -0.3 is 5.11 Å². The van der Waals surface area contributed by atoms with Gasteiger partial charge in [0.15, 0.2) is 0 Å². The van der Waals surface area contributed by atoms with E-state index in [0.29, 0.717) is 0 Å². The molecule has 2 aromatic rings. The summed E-state index contributed by atoms with van der Waals surface area (Å²) in [6, 6.07) is 15.1. The lowest BCUT2D eigenvalue weighted by molar-refractivity contribution is 0.282. The van der Waals surface area contributed by atoms with E-state index in [2.05, 4.69) is 30.3 Å². The van der Waals surface area contributed by atoms with Crippen LogP contribution in [0.5, 0.6) is 0 Å². The van der Waals surface area contributed by atoms with Crippen LogP contribution in [0.4, 0.5) is 0 Å². The van der Waals surface area contributed by atoms with Crippen molar-refractivity contribution in [3.63, 3.8) is 0 Å². The van der Waals surface area contributed by atoms with Crippen molar-refractivity contribution in [1.29, 1.82) is 0 Å². The molecule has 0 aromatic heterocycles. The summed E-state index contributed by atoms with van der Waals surface area (Å²) in [6.07, 6.45) is 3.82. The molecule has 0 saturated heterocycles. The van der Waals surface area contributed by atoms with E-state index < -0.39 is 0 Å². The number of aliphatic hydroxyl groups is 1. The average Bonchev–Trinajstić information content (AvgIpc) is 2.93. The van der Waals surface area contributed by atoms with Crippen molar-refractivity contribution >= 4 is 11.8 Å². The largest absolute Gasteiger partial charge is 0.392 e. The maximum absolute atomic E-state index is 9.02. The molecule has 0 fully saturated rings. The minimum absolute atomic E-state index is 0.121. The Hall–Kier alpha value is -1.25. The second kappa shape index (κ2) is 5.81. The Morgan fingerprint density at radius 3 is 2.42 bits per heavy atom. The van der Waals surface area contributed by atoms with Gasteiger partial charge in [-0.05, 0) is 53.6 Å². The molecule has 1 nitrogen and oxygen atoms in total. The molecule has 3 rings (SSSR count). The maximum Gasteiger partial charge on any atom is 0.0681 e. The van der Waals surface area contributed by atoms with E-state index in [-0.39, 0.29) is 6.61 Å². The zero-order valence-corrected chi connectivity index (χ0v) is 11.7. The third-order valence-corrected chi connectivity index (χ3v) is 4.76. The van der Waals surface area contributed by atoms with Crippen LogP contribution in [0, 0.1) is 0 Å². The summed E-state index contributed by atoms with van der Waals surface area (Å²) in [5, 5.41) is 9.02. The Morgan fingerprint density at radius 2 is 1.63 bits per heavy atom. The van der Waals surface area contributed by atoms with Gasteiger partial charge in [0.05, 0.1) is 6.61 Å². The van der Waals surface area contributed by atoms with E-state index in [1.165, 1.54) is 29.7 Å². The predicted molar refractivity (Wildman–Crippen MR) is 80.4 cm³/mol. The first kappa shape index (κ1) is 12.8. The fourth-order valence-electron chi connectivity index (χ4n) is 2.57. The molecule has 0 saturated carbocycles. The van der Waals surface area contributed by atoms with Crippen LogP contribution in [-0.4, -0.2) is 5.11 Å². The quantitative estimate of drug-likeness (QED) is 0.849. The van der Waals surface area contributed by atoms with Gasteiger partial charge in [-0.15, -0.1) is 11.8 Å². The third kappa shape index (κ3) is 3.02. The highest BCUT2D eigenvalue weighted by Gasteiger charge is 2.10. The summed E-state index contributed by atoms with van der Waals surface area (Å²) in [7, 11) is 0. The SMILES string of the molecule is OCc1ccc(SCc2ccc3c(c2)CCC3)cc1. The number of rotatable bonds is 4. The molecule has 19 heavy (non-hydrogen) atoms. The van der Waals surface area contributed by atoms with Gasteiger partial charge in [-0.2, -0.15) is 0 Å². The normalized spacial score (nSPS) is 13.5. The van der Waals surface area contributed by atoms with Gasteiger partial charge in [-0.1, -0.05) is 30.3 Å². The van der Waals surface area contributed by atoms with Crippen LogP contribution in [0.1, 0.15) is 28.7 Å². The van der Waals surface area contributed by atoms with Crippen LogP contribution in [0.15, 0.2) is 47.4 Å². The van der Waals surface area contributed by atoms with Gasteiger partial charge in [0.25, 0.3) is 0 Å². The lowest BCUT2D eigenvalue weighted by atomic mass is 10.1. The number of hydrogen-bond donors (Lipinski definition) is 1. The molecule has 1 aliphatic carbocycles. The minimum Gasteiger partial charge on any atom is -0.392 e. The van der Waals surface area contributed by atoms with E-state index in [4.69, 9.17) is 5.11 Å².